The fourth-order valence-corrected chi connectivity index (χ4v) is 3.68. The van der Waals surface area contributed by atoms with Crippen LogP contribution in [-0.2, 0) is 0 Å². The first-order valence-electron chi connectivity index (χ1n) is 9.99. The van der Waals surface area contributed by atoms with Crippen molar-refractivity contribution >= 4 is 35.9 Å². The van der Waals surface area contributed by atoms with Gasteiger partial charge in [0.05, 0.1) is 7.11 Å². The lowest BCUT2D eigenvalue weighted by atomic mass is 10.1. The fraction of sp³-hybridized carbons (Fsp3) is 0.550. The Morgan fingerprint density at radius 3 is 1.56 bits per heavy atom. The molecule has 32 heavy (non-hydrogen) atoms. The van der Waals surface area contributed by atoms with Crippen LogP contribution in [-0.4, -0.2) is 48.2 Å². The molecule has 0 amide bonds. The van der Waals surface area contributed by atoms with Crippen molar-refractivity contribution in [2.24, 2.45) is 0 Å². The van der Waals surface area contributed by atoms with E-state index in [1.807, 2.05) is 24.3 Å². The third-order valence-electron chi connectivity index (χ3n) is 5.24. The summed E-state index contributed by atoms with van der Waals surface area (Å²) in [6, 6.07) is 7.81. The second kappa shape index (κ2) is 15.4. The Labute approximate surface area is 203 Å². The Balaban J connectivity index is -0.000000250. The highest BCUT2D eigenvalue weighted by Crippen LogP contribution is 2.24. The third-order valence-corrected chi connectivity index (χ3v) is 5.24. The second-order valence-corrected chi connectivity index (χ2v) is 7.21. The zero-order valence-electron chi connectivity index (χ0n) is 19.3. The average molecular weight is 481 g/mol. The number of hydrogen-bond acceptors (Lipinski definition) is 11. The van der Waals surface area contributed by atoms with Crippen molar-refractivity contribution in [1.82, 2.24) is 39.6 Å². The number of nitrogens with zero attached hydrogens (tertiary/aromatic N) is 5. The summed E-state index contributed by atoms with van der Waals surface area (Å²) in [5, 5.41) is 3.34. The molecule has 3 heterocycles. The van der Waals surface area contributed by atoms with Crippen LogP contribution in [0.5, 0.6) is 5.75 Å². The molecule has 2 aromatic rings. The second-order valence-electron chi connectivity index (χ2n) is 7.21. The molecular weight excluding hydrogens is 432 g/mol. The van der Waals surface area contributed by atoms with Crippen LogP contribution in [0.25, 0.3) is 0 Å². The quantitative estimate of drug-likeness (QED) is 0.352. The van der Waals surface area contributed by atoms with Crippen LogP contribution in [0.4, 0.5) is 23.5 Å². The topological polar surface area (TPSA) is 206 Å². The molecule has 192 valence electrons. The minimum absolute atomic E-state index is 0. The van der Waals surface area contributed by atoms with E-state index in [0.29, 0.717) is 5.95 Å². The Morgan fingerprint density at radius 2 is 1.16 bits per heavy atom. The number of anilines is 4. The van der Waals surface area contributed by atoms with E-state index in [2.05, 4.69) is 15.1 Å². The van der Waals surface area contributed by atoms with E-state index in [1.54, 1.807) is 7.11 Å². The lowest BCUT2D eigenvalue weighted by Gasteiger charge is -2.30. The Bertz CT molecular complexity index is 734. The summed E-state index contributed by atoms with van der Waals surface area (Å²) < 4.78 is 5.23. The SMILES string of the molecule is COc1ccc(Nc2nc(N3CCCCC3)nc(N3CCCCC3)n2)cc1.Cl.N.N.N.N.[HH].[HH].[HH].[HH]. The van der Waals surface area contributed by atoms with Gasteiger partial charge in [-0.05, 0) is 62.8 Å². The maximum absolute atomic E-state index is 5.23. The molecular formula is C20H49ClN10O. The predicted molar refractivity (Wildman–Crippen MR) is 144 cm³/mol. The van der Waals surface area contributed by atoms with E-state index in [1.165, 1.54) is 38.5 Å². The van der Waals surface area contributed by atoms with Gasteiger partial charge in [-0.1, -0.05) is 0 Å². The number of nitrogens with one attached hydrogen (secondary N) is 1. The molecule has 1 aromatic heterocycles. The molecule has 0 bridgehead atoms. The number of rotatable bonds is 5. The van der Waals surface area contributed by atoms with Crippen LogP contribution in [0.15, 0.2) is 24.3 Å². The first kappa shape index (κ1) is 31.7. The van der Waals surface area contributed by atoms with Crippen LogP contribution in [0, 0.1) is 0 Å². The van der Waals surface area contributed by atoms with Crippen molar-refractivity contribution in [2.75, 3.05) is 48.4 Å². The molecule has 0 atom stereocenters. The molecule has 0 saturated carbocycles. The van der Waals surface area contributed by atoms with Crippen molar-refractivity contribution in [3.63, 3.8) is 0 Å². The van der Waals surface area contributed by atoms with Crippen LogP contribution >= 0.6 is 12.4 Å². The molecule has 2 saturated heterocycles. The van der Waals surface area contributed by atoms with E-state index < -0.39 is 0 Å². The summed E-state index contributed by atoms with van der Waals surface area (Å²) in [6.07, 6.45) is 7.38. The number of aromatic nitrogens is 3. The summed E-state index contributed by atoms with van der Waals surface area (Å²) in [7, 11) is 1.67. The number of piperidine rings is 2. The monoisotopic (exact) mass is 480 g/mol. The molecule has 0 spiro atoms. The molecule has 1 aromatic carbocycles. The molecule has 0 unspecified atom stereocenters. The molecule has 2 aliphatic rings. The van der Waals surface area contributed by atoms with Crippen molar-refractivity contribution in [3.8, 4) is 5.75 Å². The van der Waals surface area contributed by atoms with Gasteiger partial charge in [0.1, 0.15) is 5.75 Å². The van der Waals surface area contributed by atoms with Crippen LogP contribution in [0.3, 0.4) is 0 Å². The minimum atomic E-state index is 0. The van der Waals surface area contributed by atoms with E-state index in [4.69, 9.17) is 19.7 Å². The van der Waals surface area contributed by atoms with Gasteiger partial charge in [-0.2, -0.15) is 15.0 Å². The Hall–Kier alpha value is -2.44. The molecule has 11 nitrogen and oxygen atoms in total. The lowest BCUT2D eigenvalue weighted by molar-refractivity contribution is 0.415. The van der Waals surface area contributed by atoms with Gasteiger partial charge in [0.2, 0.25) is 17.8 Å². The van der Waals surface area contributed by atoms with E-state index >= 15 is 0 Å². The fourth-order valence-electron chi connectivity index (χ4n) is 3.68. The highest BCUT2D eigenvalue weighted by atomic mass is 35.5. The number of ether oxygens (including phenoxy) is 1. The number of methoxy groups -OCH3 is 1. The number of hydrogen-bond donors (Lipinski definition) is 5. The maximum atomic E-state index is 5.23. The highest BCUT2D eigenvalue weighted by molar-refractivity contribution is 5.85. The van der Waals surface area contributed by atoms with Crippen molar-refractivity contribution < 1.29 is 10.4 Å². The van der Waals surface area contributed by atoms with Crippen LogP contribution in [0.1, 0.15) is 44.2 Å². The highest BCUT2D eigenvalue weighted by Gasteiger charge is 2.20. The van der Waals surface area contributed by atoms with E-state index in [-0.39, 0.29) is 42.7 Å². The van der Waals surface area contributed by atoms with Gasteiger partial charge in [0, 0.05) is 37.6 Å². The maximum Gasteiger partial charge on any atom is 0.233 e. The molecule has 4 rings (SSSR count). The Kier molecular flexibility index (Phi) is 15.3. The predicted octanol–water partition coefficient (Wildman–Crippen LogP) is 5.66. The first-order valence-corrected chi connectivity index (χ1v) is 9.99. The Morgan fingerprint density at radius 1 is 0.719 bits per heavy atom. The van der Waals surface area contributed by atoms with Crippen LogP contribution < -0.4 is 44.5 Å². The average Bonchev–Trinajstić information content (AvgIpc) is 2.75. The van der Waals surface area contributed by atoms with Crippen LogP contribution in [0.2, 0.25) is 0 Å². The minimum Gasteiger partial charge on any atom is -0.497 e. The zero-order valence-corrected chi connectivity index (χ0v) is 20.1. The van der Waals surface area contributed by atoms with Crippen molar-refractivity contribution in [1.29, 1.82) is 0 Å². The molecule has 13 N–H and O–H groups in total. The summed E-state index contributed by atoms with van der Waals surface area (Å²) in [5.41, 5.74) is 0.941. The van der Waals surface area contributed by atoms with Gasteiger partial charge in [-0.25, -0.2) is 0 Å². The smallest absolute Gasteiger partial charge is 0.233 e. The normalized spacial score (nSPS) is 14.9. The van der Waals surface area contributed by atoms with E-state index in [0.717, 1.165) is 49.5 Å². The number of halogens is 1. The standard InChI is InChI=1S/C20H28N6O.ClH.4H3N.4H2/c1-27-17-10-8-16(9-11-17)21-18-22-19(25-12-4-2-5-13-25)24-20(23-18)26-14-6-3-7-15-26;;;;;;;;;/h8-11H,2-7,12-15H2,1H3,(H,21,22,23,24);1H;4*1H3;4*1H. The summed E-state index contributed by atoms with van der Waals surface area (Å²) in [4.78, 5) is 18.8. The van der Waals surface area contributed by atoms with Gasteiger partial charge in [-0.15, -0.1) is 12.4 Å². The summed E-state index contributed by atoms with van der Waals surface area (Å²) in [5.74, 6) is 3.03. The largest absolute Gasteiger partial charge is 0.497 e. The van der Waals surface area contributed by atoms with Gasteiger partial charge < -0.3 is 44.5 Å². The zero-order chi connectivity index (χ0) is 18.5. The van der Waals surface area contributed by atoms with Gasteiger partial charge in [0.25, 0.3) is 0 Å². The van der Waals surface area contributed by atoms with Crippen molar-refractivity contribution in [2.45, 2.75) is 38.5 Å². The summed E-state index contributed by atoms with van der Waals surface area (Å²) >= 11 is 0. The first-order chi connectivity index (χ1) is 13.3. The van der Waals surface area contributed by atoms with Gasteiger partial charge in [0.15, 0.2) is 0 Å². The lowest BCUT2D eigenvalue weighted by Crippen LogP contribution is -2.34. The van der Waals surface area contributed by atoms with Crippen molar-refractivity contribution in [3.05, 3.63) is 24.3 Å². The molecule has 2 aliphatic heterocycles. The molecule has 0 aliphatic carbocycles. The van der Waals surface area contributed by atoms with Gasteiger partial charge >= 0.3 is 0 Å². The molecule has 12 heteroatoms. The molecule has 0 radical (unpaired) electrons. The third kappa shape index (κ3) is 7.92. The number of benzene rings is 1. The van der Waals surface area contributed by atoms with Gasteiger partial charge in [-0.3, -0.25) is 0 Å². The molecule has 2 fully saturated rings. The summed E-state index contributed by atoms with van der Waals surface area (Å²) in [6.45, 7) is 4.08. The van der Waals surface area contributed by atoms with E-state index in [9.17, 15) is 0 Å².